The van der Waals surface area contributed by atoms with Crippen LogP contribution in [0.1, 0.15) is 35.5 Å². The fourth-order valence-corrected chi connectivity index (χ4v) is 4.26. The molecule has 1 atom stereocenters. The Morgan fingerprint density at radius 1 is 0.912 bits per heavy atom. The van der Waals surface area contributed by atoms with Crippen LogP contribution in [0.5, 0.6) is 0 Å². The molecule has 6 heteroatoms. The highest BCUT2D eigenvalue weighted by atomic mass is 16.5. The van der Waals surface area contributed by atoms with E-state index in [9.17, 15) is 4.79 Å². The molecule has 1 N–H and O–H groups in total. The molecule has 2 amide bonds. The zero-order valence-electron chi connectivity index (χ0n) is 19.2. The van der Waals surface area contributed by atoms with Gasteiger partial charge in [0.2, 0.25) is 5.82 Å². The Hall–Kier alpha value is -4.19. The Bertz CT molecular complexity index is 1310. The lowest BCUT2D eigenvalue weighted by Crippen LogP contribution is -2.46. The van der Waals surface area contributed by atoms with E-state index in [1.807, 2.05) is 86.6 Å². The predicted octanol–water partition coefficient (Wildman–Crippen LogP) is 5.79. The highest BCUT2D eigenvalue weighted by Crippen LogP contribution is 2.37. The third kappa shape index (κ3) is 4.35. The second-order valence-corrected chi connectivity index (χ2v) is 8.47. The van der Waals surface area contributed by atoms with Crippen LogP contribution >= 0.6 is 0 Å². The van der Waals surface area contributed by atoms with Crippen molar-refractivity contribution in [2.75, 3.05) is 6.54 Å². The molecule has 5 rings (SSSR count). The molecule has 1 aliphatic rings. The molecule has 6 nitrogen and oxygen atoms in total. The number of amides is 2. The minimum Gasteiger partial charge on any atom is -0.334 e. The zero-order valence-corrected chi connectivity index (χ0v) is 19.2. The van der Waals surface area contributed by atoms with Crippen molar-refractivity contribution >= 4 is 11.6 Å². The van der Waals surface area contributed by atoms with Crippen molar-refractivity contribution in [1.29, 1.82) is 0 Å². The summed E-state index contributed by atoms with van der Waals surface area (Å²) in [6.07, 6.45) is 0.743. The van der Waals surface area contributed by atoms with Crippen LogP contribution in [-0.4, -0.2) is 27.6 Å². The van der Waals surface area contributed by atoms with Gasteiger partial charge in [-0.1, -0.05) is 95.6 Å². The lowest BCUT2D eigenvalue weighted by Gasteiger charge is -2.35. The minimum atomic E-state index is -0.384. The first-order valence-corrected chi connectivity index (χ1v) is 11.4. The van der Waals surface area contributed by atoms with Crippen LogP contribution in [0.3, 0.4) is 0 Å². The maximum atomic E-state index is 13.2. The molecule has 0 aliphatic carbocycles. The van der Waals surface area contributed by atoms with Gasteiger partial charge in [0, 0.05) is 17.8 Å². The topological polar surface area (TPSA) is 71.3 Å². The van der Waals surface area contributed by atoms with E-state index < -0.39 is 0 Å². The number of aromatic nitrogens is 2. The number of allylic oxidation sites excluding steroid dienone is 1. The van der Waals surface area contributed by atoms with Gasteiger partial charge in [-0.25, -0.2) is 4.79 Å². The average Bonchev–Trinajstić information content (AvgIpc) is 3.35. The summed E-state index contributed by atoms with van der Waals surface area (Å²) in [5, 5.41) is 7.39. The fraction of sp³-hybridized carbons (Fsp3) is 0.179. The van der Waals surface area contributed by atoms with Crippen molar-refractivity contribution in [2.24, 2.45) is 0 Å². The third-order valence-electron chi connectivity index (χ3n) is 6.16. The number of carbonyl (C=O) groups excluding carboxylic acids is 1. The molecular formula is C28H26N4O2. The number of benzene rings is 3. The van der Waals surface area contributed by atoms with Crippen molar-refractivity contribution in [3.8, 4) is 11.4 Å². The Kier molecular flexibility index (Phi) is 5.95. The van der Waals surface area contributed by atoms with Gasteiger partial charge in [0.1, 0.15) is 0 Å². The highest BCUT2D eigenvalue weighted by Gasteiger charge is 2.35. The molecule has 1 unspecified atom stereocenters. The first kappa shape index (κ1) is 21.6. The molecule has 170 valence electrons. The van der Waals surface area contributed by atoms with E-state index in [1.165, 1.54) is 5.56 Å². The Labute approximate surface area is 198 Å². The van der Waals surface area contributed by atoms with Gasteiger partial charge in [0.25, 0.3) is 5.89 Å². The molecule has 1 aromatic heterocycles. The van der Waals surface area contributed by atoms with Crippen LogP contribution in [0.15, 0.2) is 95.1 Å². The summed E-state index contributed by atoms with van der Waals surface area (Å²) in [6.45, 7) is 4.54. The maximum Gasteiger partial charge on any atom is 0.322 e. The molecule has 3 aromatic carbocycles. The van der Waals surface area contributed by atoms with Gasteiger partial charge in [-0.05, 0) is 31.4 Å². The number of hydrogen-bond acceptors (Lipinski definition) is 4. The van der Waals surface area contributed by atoms with Crippen molar-refractivity contribution in [3.63, 3.8) is 0 Å². The van der Waals surface area contributed by atoms with Gasteiger partial charge in [0.15, 0.2) is 0 Å². The normalized spacial score (nSPS) is 16.0. The van der Waals surface area contributed by atoms with E-state index in [4.69, 9.17) is 9.51 Å². The SMILES string of the molecule is CC1=C(c2nc(-c3ccccc3)no2)C(c2ccc(C)cc2)NC(=O)N1CCc1ccccc1. The monoisotopic (exact) mass is 450 g/mol. The number of carbonyl (C=O) groups is 1. The second-order valence-electron chi connectivity index (χ2n) is 8.47. The first-order chi connectivity index (χ1) is 16.6. The number of urea groups is 1. The molecule has 0 fully saturated rings. The molecule has 0 saturated heterocycles. The molecule has 0 saturated carbocycles. The highest BCUT2D eigenvalue weighted by molar-refractivity contribution is 5.86. The fourth-order valence-electron chi connectivity index (χ4n) is 4.26. The quantitative estimate of drug-likeness (QED) is 0.404. The summed E-state index contributed by atoms with van der Waals surface area (Å²) < 4.78 is 5.75. The maximum absolute atomic E-state index is 13.2. The smallest absolute Gasteiger partial charge is 0.322 e. The molecule has 4 aromatic rings. The van der Waals surface area contributed by atoms with Crippen LogP contribution in [0.2, 0.25) is 0 Å². The average molecular weight is 451 g/mol. The molecular weight excluding hydrogens is 424 g/mol. The standard InChI is InChI=1S/C28H26N4O2/c1-19-13-15-22(16-14-19)25-24(27-30-26(31-34-27)23-11-7-4-8-12-23)20(2)32(28(33)29-25)18-17-21-9-5-3-6-10-21/h3-16,25H,17-18H2,1-2H3,(H,29,33). The Balaban J connectivity index is 1.54. The van der Waals surface area contributed by atoms with Crippen molar-refractivity contribution in [1.82, 2.24) is 20.4 Å². The summed E-state index contributed by atoms with van der Waals surface area (Å²) in [7, 11) is 0. The zero-order chi connectivity index (χ0) is 23.5. The Morgan fingerprint density at radius 2 is 1.59 bits per heavy atom. The first-order valence-electron chi connectivity index (χ1n) is 11.4. The third-order valence-corrected chi connectivity index (χ3v) is 6.16. The van der Waals surface area contributed by atoms with Crippen molar-refractivity contribution < 1.29 is 9.32 Å². The van der Waals surface area contributed by atoms with E-state index in [0.29, 0.717) is 18.3 Å². The number of nitrogens with zero attached hydrogens (tertiary/aromatic N) is 3. The molecule has 2 heterocycles. The molecule has 0 radical (unpaired) electrons. The van der Waals surface area contributed by atoms with Gasteiger partial charge in [-0.2, -0.15) is 4.98 Å². The predicted molar refractivity (Wildman–Crippen MR) is 132 cm³/mol. The Morgan fingerprint density at radius 3 is 2.29 bits per heavy atom. The van der Waals surface area contributed by atoms with E-state index in [2.05, 4.69) is 22.6 Å². The van der Waals surface area contributed by atoms with E-state index in [1.54, 1.807) is 4.90 Å². The number of hydrogen-bond donors (Lipinski definition) is 1. The lowest BCUT2D eigenvalue weighted by atomic mass is 9.94. The van der Waals surface area contributed by atoms with Gasteiger partial charge >= 0.3 is 6.03 Å². The minimum absolute atomic E-state index is 0.134. The van der Waals surface area contributed by atoms with Crippen LogP contribution in [0, 0.1) is 6.92 Å². The second kappa shape index (κ2) is 9.35. The number of rotatable bonds is 6. The van der Waals surface area contributed by atoms with Crippen LogP contribution in [0.4, 0.5) is 4.79 Å². The lowest BCUT2D eigenvalue weighted by molar-refractivity contribution is 0.205. The molecule has 0 bridgehead atoms. The van der Waals surface area contributed by atoms with E-state index in [0.717, 1.165) is 34.4 Å². The van der Waals surface area contributed by atoms with E-state index in [-0.39, 0.29) is 12.1 Å². The summed E-state index contributed by atoms with van der Waals surface area (Å²) in [5.41, 5.74) is 5.80. The van der Waals surface area contributed by atoms with Gasteiger partial charge < -0.3 is 9.84 Å². The number of nitrogens with one attached hydrogen (secondary N) is 1. The largest absolute Gasteiger partial charge is 0.334 e. The molecule has 0 spiro atoms. The molecule has 34 heavy (non-hydrogen) atoms. The molecule has 1 aliphatic heterocycles. The van der Waals surface area contributed by atoms with E-state index >= 15 is 0 Å². The summed E-state index contributed by atoms with van der Waals surface area (Å²) in [4.78, 5) is 19.7. The summed E-state index contributed by atoms with van der Waals surface area (Å²) in [5.74, 6) is 0.929. The number of aryl methyl sites for hydroxylation is 1. The summed E-state index contributed by atoms with van der Waals surface area (Å²) in [6, 6.07) is 27.5. The van der Waals surface area contributed by atoms with Gasteiger partial charge in [-0.3, -0.25) is 4.90 Å². The van der Waals surface area contributed by atoms with Crippen LogP contribution < -0.4 is 5.32 Å². The van der Waals surface area contributed by atoms with Crippen LogP contribution in [-0.2, 0) is 6.42 Å². The van der Waals surface area contributed by atoms with Crippen molar-refractivity contribution in [3.05, 3.63) is 113 Å². The van der Waals surface area contributed by atoms with Gasteiger partial charge in [-0.15, -0.1) is 0 Å². The summed E-state index contributed by atoms with van der Waals surface area (Å²) >= 11 is 0. The van der Waals surface area contributed by atoms with Crippen molar-refractivity contribution in [2.45, 2.75) is 26.3 Å². The van der Waals surface area contributed by atoms with Gasteiger partial charge in [0.05, 0.1) is 11.6 Å². The van der Waals surface area contributed by atoms with Crippen LogP contribution in [0.25, 0.3) is 17.0 Å².